The van der Waals surface area contributed by atoms with Crippen LogP contribution in [-0.4, -0.2) is 34.0 Å². The smallest absolute Gasteiger partial charge is 0.253 e. The van der Waals surface area contributed by atoms with Gasteiger partial charge in [0.15, 0.2) is 5.58 Å². The molecule has 27 heavy (non-hydrogen) atoms. The van der Waals surface area contributed by atoms with E-state index >= 15 is 0 Å². The summed E-state index contributed by atoms with van der Waals surface area (Å²) in [4.78, 5) is 19.3. The van der Waals surface area contributed by atoms with Crippen molar-refractivity contribution in [2.24, 2.45) is 0 Å². The fraction of sp³-hybridized carbons (Fsp3) is 0.190. The minimum absolute atomic E-state index is 0.0739. The maximum Gasteiger partial charge on any atom is 0.253 e. The molecule has 4 aromatic rings. The fourth-order valence-corrected chi connectivity index (χ4v) is 4.27. The Morgan fingerprint density at radius 3 is 2.70 bits per heavy atom. The molecular formula is C21H17N3O2S. The van der Waals surface area contributed by atoms with Crippen LogP contribution in [0.25, 0.3) is 32.9 Å². The zero-order valence-electron chi connectivity index (χ0n) is 14.6. The van der Waals surface area contributed by atoms with Gasteiger partial charge in [0.25, 0.3) is 5.91 Å². The summed E-state index contributed by atoms with van der Waals surface area (Å²) in [5.74, 6) is 0.0739. The van der Waals surface area contributed by atoms with Gasteiger partial charge in [0.05, 0.1) is 5.39 Å². The third-order valence-corrected chi connectivity index (χ3v) is 5.77. The predicted octanol–water partition coefficient (Wildman–Crippen LogP) is 4.85. The highest BCUT2D eigenvalue weighted by atomic mass is 32.1. The van der Waals surface area contributed by atoms with Gasteiger partial charge < -0.3 is 9.42 Å². The molecule has 1 aliphatic heterocycles. The van der Waals surface area contributed by atoms with E-state index in [-0.39, 0.29) is 5.91 Å². The first kappa shape index (κ1) is 16.2. The molecule has 0 N–H and O–H groups in total. The molecule has 1 aliphatic rings. The minimum atomic E-state index is 0.0739. The second-order valence-corrected chi connectivity index (χ2v) is 7.50. The Morgan fingerprint density at radius 1 is 1.07 bits per heavy atom. The van der Waals surface area contributed by atoms with Gasteiger partial charge in [0.2, 0.25) is 0 Å². The maximum atomic E-state index is 12.7. The molecule has 1 fully saturated rings. The minimum Gasteiger partial charge on any atom is -0.356 e. The SMILES string of the molecule is O=C(c1ccc2onc(-c3csc(-c4ccccc4)n3)c2c1)N1CCCC1. The monoisotopic (exact) mass is 375 g/mol. The highest BCUT2D eigenvalue weighted by Crippen LogP contribution is 2.33. The number of amides is 1. The van der Waals surface area contributed by atoms with E-state index in [1.54, 1.807) is 11.3 Å². The van der Waals surface area contributed by atoms with Gasteiger partial charge in [-0.3, -0.25) is 4.79 Å². The average molecular weight is 375 g/mol. The molecule has 1 saturated heterocycles. The van der Waals surface area contributed by atoms with Crippen LogP contribution in [0, 0.1) is 0 Å². The van der Waals surface area contributed by atoms with Crippen LogP contribution in [0.1, 0.15) is 23.2 Å². The summed E-state index contributed by atoms with van der Waals surface area (Å²) in [6.45, 7) is 1.67. The molecule has 0 saturated carbocycles. The van der Waals surface area contributed by atoms with E-state index in [1.807, 2.05) is 58.8 Å². The zero-order chi connectivity index (χ0) is 18.2. The van der Waals surface area contributed by atoms with Crippen molar-refractivity contribution in [3.8, 4) is 22.0 Å². The summed E-state index contributed by atoms with van der Waals surface area (Å²) < 4.78 is 5.47. The number of rotatable bonds is 3. The van der Waals surface area contributed by atoms with Crippen LogP contribution < -0.4 is 0 Å². The Morgan fingerprint density at radius 2 is 1.89 bits per heavy atom. The lowest BCUT2D eigenvalue weighted by molar-refractivity contribution is 0.0793. The molecule has 0 radical (unpaired) electrons. The first-order valence-electron chi connectivity index (χ1n) is 8.99. The maximum absolute atomic E-state index is 12.7. The lowest BCUT2D eigenvalue weighted by atomic mass is 10.1. The zero-order valence-corrected chi connectivity index (χ0v) is 15.4. The predicted molar refractivity (Wildman–Crippen MR) is 106 cm³/mol. The summed E-state index contributed by atoms with van der Waals surface area (Å²) in [6.07, 6.45) is 2.15. The molecule has 0 aliphatic carbocycles. The Balaban J connectivity index is 1.53. The number of aromatic nitrogens is 2. The lowest BCUT2D eigenvalue weighted by Crippen LogP contribution is -2.27. The van der Waals surface area contributed by atoms with Crippen molar-refractivity contribution in [3.63, 3.8) is 0 Å². The van der Waals surface area contributed by atoms with E-state index in [2.05, 4.69) is 5.16 Å². The Labute approximate surface area is 160 Å². The highest BCUT2D eigenvalue weighted by Gasteiger charge is 2.21. The lowest BCUT2D eigenvalue weighted by Gasteiger charge is -2.14. The fourth-order valence-electron chi connectivity index (χ4n) is 3.46. The van der Waals surface area contributed by atoms with E-state index in [9.17, 15) is 4.79 Å². The molecule has 2 aromatic carbocycles. The second kappa shape index (κ2) is 6.63. The van der Waals surface area contributed by atoms with Crippen molar-refractivity contribution in [2.45, 2.75) is 12.8 Å². The summed E-state index contributed by atoms with van der Waals surface area (Å²) in [5.41, 5.74) is 3.86. The Bertz CT molecular complexity index is 1110. The van der Waals surface area contributed by atoms with Gasteiger partial charge in [-0.1, -0.05) is 35.5 Å². The molecule has 5 rings (SSSR count). The quantitative estimate of drug-likeness (QED) is 0.513. The van der Waals surface area contributed by atoms with Crippen LogP contribution in [0.4, 0.5) is 0 Å². The molecule has 3 heterocycles. The number of thiazole rings is 1. The molecule has 0 spiro atoms. The van der Waals surface area contributed by atoms with E-state index in [0.717, 1.165) is 47.6 Å². The van der Waals surface area contributed by atoms with Crippen molar-refractivity contribution in [3.05, 3.63) is 59.5 Å². The third kappa shape index (κ3) is 2.92. The van der Waals surface area contributed by atoms with Crippen molar-refractivity contribution in [1.29, 1.82) is 0 Å². The number of hydrogen-bond acceptors (Lipinski definition) is 5. The topological polar surface area (TPSA) is 59.2 Å². The summed E-state index contributed by atoms with van der Waals surface area (Å²) >= 11 is 1.57. The van der Waals surface area contributed by atoms with Crippen LogP contribution in [0.5, 0.6) is 0 Å². The van der Waals surface area contributed by atoms with Gasteiger partial charge >= 0.3 is 0 Å². The van der Waals surface area contributed by atoms with Crippen LogP contribution in [0.3, 0.4) is 0 Å². The van der Waals surface area contributed by atoms with E-state index in [4.69, 9.17) is 9.51 Å². The third-order valence-electron chi connectivity index (χ3n) is 4.88. The number of nitrogens with zero attached hydrogens (tertiary/aromatic N) is 3. The van der Waals surface area contributed by atoms with Gasteiger partial charge in [-0.25, -0.2) is 4.98 Å². The van der Waals surface area contributed by atoms with E-state index in [0.29, 0.717) is 16.8 Å². The number of benzene rings is 2. The van der Waals surface area contributed by atoms with Crippen LogP contribution in [0.15, 0.2) is 58.4 Å². The summed E-state index contributed by atoms with van der Waals surface area (Å²) in [7, 11) is 0. The molecule has 0 bridgehead atoms. The molecule has 0 unspecified atom stereocenters. The van der Waals surface area contributed by atoms with Crippen molar-refractivity contribution < 1.29 is 9.32 Å². The highest BCUT2D eigenvalue weighted by molar-refractivity contribution is 7.13. The van der Waals surface area contributed by atoms with Gasteiger partial charge in [-0.05, 0) is 31.0 Å². The first-order valence-corrected chi connectivity index (χ1v) is 9.87. The van der Waals surface area contributed by atoms with Gasteiger partial charge in [0, 0.05) is 29.6 Å². The number of likely N-dealkylation sites (tertiary alicyclic amines) is 1. The molecule has 2 aromatic heterocycles. The standard InChI is InChI=1S/C21H17N3O2S/c25-21(24-10-4-5-11-24)15-8-9-18-16(12-15)19(23-26-18)17-13-27-20(22-17)14-6-2-1-3-7-14/h1-3,6-9,12-13H,4-5,10-11H2. The normalized spacial score (nSPS) is 14.1. The summed E-state index contributed by atoms with van der Waals surface area (Å²) in [5, 5.41) is 7.96. The molecule has 5 nitrogen and oxygen atoms in total. The number of carbonyl (C=O) groups is 1. The van der Waals surface area contributed by atoms with Gasteiger partial charge in [-0.15, -0.1) is 11.3 Å². The van der Waals surface area contributed by atoms with Crippen LogP contribution in [0.2, 0.25) is 0 Å². The average Bonchev–Trinajstić information content (AvgIpc) is 3.47. The molecule has 0 atom stereocenters. The van der Waals surface area contributed by atoms with Crippen LogP contribution >= 0.6 is 11.3 Å². The van der Waals surface area contributed by atoms with Crippen molar-refractivity contribution >= 4 is 28.2 Å². The second-order valence-electron chi connectivity index (χ2n) is 6.65. The van der Waals surface area contributed by atoms with E-state index < -0.39 is 0 Å². The van der Waals surface area contributed by atoms with E-state index in [1.165, 1.54) is 0 Å². The number of hydrogen-bond donors (Lipinski definition) is 0. The first-order chi connectivity index (χ1) is 13.3. The molecule has 1 amide bonds. The van der Waals surface area contributed by atoms with Crippen LogP contribution in [-0.2, 0) is 0 Å². The summed E-state index contributed by atoms with van der Waals surface area (Å²) in [6, 6.07) is 15.6. The van der Waals surface area contributed by atoms with Gasteiger partial charge in [-0.2, -0.15) is 0 Å². The molecular weight excluding hydrogens is 358 g/mol. The van der Waals surface area contributed by atoms with Crippen molar-refractivity contribution in [1.82, 2.24) is 15.0 Å². The number of carbonyl (C=O) groups excluding carboxylic acids is 1. The largest absolute Gasteiger partial charge is 0.356 e. The van der Waals surface area contributed by atoms with Gasteiger partial charge in [0.1, 0.15) is 16.4 Å². The Hall–Kier alpha value is -2.99. The van der Waals surface area contributed by atoms with Crippen molar-refractivity contribution in [2.75, 3.05) is 13.1 Å². The Kier molecular flexibility index (Phi) is 3.98. The molecule has 134 valence electrons. The number of fused-ring (bicyclic) bond motifs is 1. The molecule has 6 heteroatoms.